The Morgan fingerprint density at radius 3 is 2.42 bits per heavy atom. The van der Waals surface area contributed by atoms with Gasteiger partial charge in [-0.25, -0.2) is 8.78 Å². The highest BCUT2D eigenvalue weighted by Gasteiger charge is 2.48. The van der Waals surface area contributed by atoms with Gasteiger partial charge in [-0.1, -0.05) is 37.3 Å². The number of nitrogens with zero attached hydrogens (tertiary/aromatic N) is 1. The molecule has 1 saturated carbocycles. The Kier molecular flexibility index (Phi) is 4.27. The van der Waals surface area contributed by atoms with Gasteiger partial charge < -0.3 is 10.6 Å². The number of halogens is 2. The molecule has 1 aliphatic heterocycles. The minimum absolute atomic E-state index is 0.00448. The molecule has 5 heteroatoms. The van der Waals surface area contributed by atoms with Crippen molar-refractivity contribution in [2.75, 3.05) is 13.1 Å². The highest BCUT2D eigenvalue weighted by molar-refractivity contribution is 5.84. The fourth-order valence-electron chi connectivity index (χ4n) is 4.02. The Hall–Kier alpha value is -2.27. The molecular weight excluding hydrogens is 334 g/mol. The molecule has 2 aliphatic rings. The van der Waals surface area contributed by atoms with Gasteiger partial charge in [0.15, 0.2) is 0 Å². The van der Waals surface area contributed by atoms with Crippen LogP contribution in [-0.4, -0.2) is 29.9 Å². The van der Waals surface area contributed by atoms with Crippen molar-refractivity contribution in [3.05, 3.63) is 59.7 Å². The van der Waals surface area contributed by atoms with E-state index in [1.807, 2.05) is 17.0 Å². The van der Waals surface area contributed by atoms with Crippen LogP contribution in [0.5, 0.6) is 0 Å². The smallest absolute Gasteiger partial charge is 0.226 e. The van der Waals surface area contributed by atoms with Crippen LogP contribution in [0.2, 0.25) is 0 Å². The van der Waals surface area contributed by atoms with Crippen LogP contribution in [0.4, 0.5) is 8.78 Å². The summed E-state index contributed by atoms with van der Waals surface area (Å²) in [6.07, 6.45) is 0.714. The molecule has 1 aliphatic carbocycles. The zero-order chi connectivity index (χ0) is 18.4. The Bertz CT molecular complexity index is 823. The van der Waals surface area contributed by atoms with E-state index in [4.69, 9.17) is 5.73 Å². The molecule has 1 saturated heterocycles. The second-order valence-electron chi connectivity index (χ2n) is 7.52. The summed E-state index contributed by atoms with van der Waals surface area (Å²) in [5.74, 6) is -0.872. The van der Waals surface area contributed by atoms with Crippen molar-refractivity contribution in [2.45, 2.75) is 25.3 Å². The molecule has 1 heterocycles. The average Bonchev–Trinajstić information content (AvgIpc) is 3.34. The first kappa shape index (κ1) is 17.2. The maximum absolute atomic E-state index is 14.3. The lowest BCUT2D eigenvalue weighted by Crippen LogP contribution is -2.33. The van der Waals surface area contributed by atoms with Gasteiger partial charge in [-0.05, 0) is 41.5 Å². The van der Waals surface area contributed by atoms with E-state index in [0.717, 1.165) is 5.56 Å². The number of carbonyl (C=O) groups is 1. The Morgan fingerprint density at radius 1 is 1.08 bits per heavy atom. The molecule has 0 unspecified atom stereocenters. The molecule has 2 fully saturated rings. The fraction of sp³-hybridized carbons (Fsp3) is 0.381. The molecule has 4 rings (SSSR count). The molecule has 0 spiro atoms. The van der Waals surface area contributed by atoms with Gasteiger partial charge in [0.25, 0.3) is 0 Å². The monoisotopic (exact) mass is 356 g/mol. The second-order valence-corrected chi connectivity index (χ2v) is 7.52. The molecule has 1 amide bonds. The zero-order valence-electron chi connectivity index (χ0n) is 14.7. The molecule has 2 N–H and O–H groups in total. The van der Waals surface area contributed by atoms with E-state index in [2.05, 4.69) is 6.92 Å². The van der Waals surface area contributed by atoms with E-state index < -0.39 is 11.6 Å². The van der Waals surface area contributed by atoms with Crippen LogP contribution in [0.3, 0.4) is 0 Å². The van der Waals surface area contributed by atoms with Crippen LogP contribution < -0.4 is 5.73 Å². The van der Waals surface area contributed by atoms with Crippen LogP contribution in [-0.2, 0) is 4.79 Å². The third kappa shape index (κ3) is 2.90. The summed E-state index contributed by atoms with van der Waals surface area (Å²) in [5, 5.41) is 0. The summed E-state index contributed by atoms with van der Waals surface area (Å²) < 4.78 is 28.5. The zero-order valence-corrected chi connectivity index (χ0v) is 14.7. The maximum Gasteiger partial charge on any atom is 0.226 e. The van der Waals surface area contributed by atoms with Crippen LogP contribution in [0, 0.1) is 23.5 Å². The van der Waals surface area contributed by atoms with Crippen molar-refractivity contribution in [1.29, 1.82) is 0 Å². The summed E-state index contributed by atoms with van der Waals surface area (Å²) in [7, 11) is 0. The molecule has 0 aromatic heterocycles. The van der Waals surface area contributed by atoms with Crippen molar-refractivity contribution in [3.63, 3.8) is 0 Å². The number of benzene rings is 2. The second kappa shape index (κ2) is 6.47. The molecule has 2 aromatic carbocycles. The van der Waals surface area contributed by atoms with Crippen LogP contribution in [0.1, 0.15) is 24.8 Å². The summed E-state index contributed by atoms with van der Waals surface area (Å²) in [4.78, 5) is 14.6. The number of likely N-dealkylation sites (tertiary alicyclic amines) is 1. The van der Waals surface area contributed by atoms with E-state index in [1.165, 1.54) is 18.2 Å². The van der Waals surface area contributed by atoms with E-state index in [-0.39, 0.29) is 29.3 Å². The average molecular weight is 356 g/mol. The van der Waals surface area contributed by atoms with E-state index in [9.17, 15) is 13.6 Å². The predicted octanol–water partition coefficient (Wildman–Crippen LogP) is 3.54. The molecular formula is C21H22F2N2O. The number of hydrogen-bond acceptors (Lipinski definition) is 2. The fourth-order valence-corrected chi connectivity index (χ4v) is 4.02. The van der Waals surface area contributed by atoms with E-state index in [1.54, 1.807) is 12.1 Å². The van der Waals surface area contributed by atoms with Gasteiger partial charge in [-0.3, -0.25) is 4.79 Å². The normalized spacial score (nSPS) is 27.6. The third-order valence-corrected chi connectivity index (χ3v) is 5.68. The number of carbonyl (C=O) groups excluding carboxylic acids is 1. The van der Waals surface area contributed by atoms with Crippen molar-refractivity contribution in [1.82, 2.24) is 4.90 Å². The molecule has 4 atom stereocenters. The van der Waals surface area contributed by atoms with Crippen molar-refractivity contribution < 1.29 is 13.6 Å². The van der Waals surface area contributed by atoms with Crippen molar-refractivity contribution in [3.8, 4) is 11.1 Å². The number of amides is 1. The maximum atomic E-state index is 14.3. The Morgan fingerprint density at radius 2 is 1.77 bits per heavy atom. The van der Waals surface area contributed by atoms with Crippen LogP contribution in [0.25, 0.3) is 11.1 Å². The van der Waals surface area contributed by atoms with Crippen molar-refractivity contribution >= 4 is 5.91 Å². The molecule has 0 radical (unpaired) electrons. The lowest BCUT2D eigenvalue weighted by atomic mass is 9.95. The van der Waals surface area contributed by atoms with Gasteiger partial charge in [0.1, 0.15) is 11.6 Å². The first-order valence-electron chi connectivity index (χ1n) is 9.05. The first-order valence-corrected chi connectivity index (χ1v) is 9.05. The van der Waals surface area contributed by atoms with Gasteiger partial charge in [-0.15, -0.1) is 0 Å². The summed E-state index contributed by atoms with van der Waals surface area (Å²) in [6.45, 7) is 3.33. The highest BCUT2D eigenvalue weighted by atomic mass is 19.1. The summed E-state index contributed by atoms with van der Waals surface area (Å²) in [5.41, 5.74) is 7.39. The number of rotatable bonds is 3. The summed E-state index contributed by atoms with van der Waals surface area (Å²) >= 11 is 0. The van der Waals surface area contributed by atoms with Crippen LogP contribution in [0.15, 0.2) is 42.5 Å². The van der Waals surface area contributed by atoms with E-state index >= 15 is 0 Å². The number of nitrogens with two attached hydrogens (primary N) is 1. The molecule has 0 bridgehead atoms. The lowest BCUT2D eigenvalue weighted by molar-refractivity contribution is -0.131. The van der Waals surface area contributed by atoms with Gasteiger partial charge in [0, 0.05) is 25.0 Å². The topological polar surface area (TPSA) is 46.3 Å². The first-order chi connectivity index (χ1) is 12.5. The molecule has 26 heavy (non-hydrogen) atoms. The minimum Gasteiger partial charge on any atom is -0.341 e. The lowest BCUT2D eigenvalue weighted by Gasteiger charge is -2.16. The third-order valence-electron chi connectivity index (χ3n) is 5.68. The van der Waals surface area contributed by atoms with Crippen molar-refractivity contribution in [2.24, 2.45) is 17.6 Å². The molecule has 2 aromatic rings. The van der Waals surface area contributed by atoms with Crippen LogP contribution >= 0.6 is 0 Å². The number of hydrogen-bond donors (Lipinski definition) is 1. The quantitative estimate of drug-likeness (QED) is 0.914. The predicted molar refractivity (Wildman–Crippen MR) is 96.4 cm³/mol. The van der Waals surface area contributed by atoms with Gasteiger partial charge in [0.2, 0.25) is 5.91 Å². The van der Waals surface area contributed by atoms with Gasteiger partial charge >= 0.3 is 0 Å². The summed E-state index contributed by atoms with van der Waals surface area (Å²) in [6, 6.07) is 11.1. The molecule has 136 valence electrons. The minimum atomic E-state index is -0.583. The van der Waals surface area contributed by atoms with Gasteiger partial charge in [-0.2, -0.15) is 0 Å². The Balaban J connectivity index is 1.60. The SMILES string of the molecule is C[C@@H]1CN(C(=O)[C@@H]2C[C@H]2c2ccccc2-c2c(F)cccc2F)C[C@H]1N. The largest absolute Gasteiger partial charge is 0.341 e. The van der Waals surface area contributed by atoms with E-state index in [0.29, 0.717) is 31.0 Å². The highest BCUT2D eigenvalue weighted by Crippen LogP contribution is 2.51. The standard InChI is InChI=1S/C21H22F2N2O/c1-12-10-25(11-19(12)24)21(26)16-9-15(16)13-5-2-3-6-14(13)20-17(22)7-4-8-18(20)23/h2-8,12,15-16,19H,9-11,24H2,1H3/t12-,15+,16-,19-/m1/s1. The molecule has 3 nitrogen and oxygen atoms in total. The van der Waals surface area contributed by atoms with Gasteiger partial charge in [0.05, 0.1) is 5.56 Å². The Labute approximate surface area is 151 Å².